The Kier molecular flexibility index (Phi) is 9.05. The van der Waals surface area contributed by atoms with E-state index in [1.54, 1.807) is 0 Å². The number of benzene rings is 1. The highest BCUT2D eigenvalue weighted by atomic mass is 32.2. The molecule has 0 heterocycles. The lowest BCUT2D eigenvalue weighted by Crippen LogP contribution is -2.28. The predicted molar refractivity (Wildman–Crippen MR) is 83.4 cm³/mol. The van der Waals surface area contributed by atoms with Crippen LogP contribution in [0.3, 0.4) is 0 Å². The van der Waals surface area contributed by atoms with Crippen LogP contribution in [0.1, 0.15) is 39.5 Å². The molecule has 102 valence electrons. The van der Waals surface area contributed by atoms with E-state index in [4.69, 9.17) is 0 Å². The Morgan fingerprint density at radius 1 is 0.889 bits per heavy atom. The summed E-state index contributed by atoms with van der Waals surface area (Å²) in [5, 5.41) is 0. The molecule has 2 heteroatoms. The van der Waals surface area contributed by atoms with Gasteiger partial charge in [-0.25, -0.2) is 0 Å². The van der Waals surface area contributed by atoms with Crippen LogP contribution in [0.2, 0.25) is 0 Å². The SMILES string of the molecule is CCCCN(CCCC)CCSc1ccccc1. The Labute approximate surface area is 117 Å². The molecule has 0 atom stereocenters. The number of hydrogen-bond acceptors (Lipinski definition) is 2. The second-order valence-electron chi connectivity index (χ2n) is 4.71. The molecule has 0 aliphatic rings. The maximum Gasteiger partial charge on any atom is 0.0108 e. The molecule has 0 saturated heterocycles. The molecule has 0 bridgehead atoms. The van der Waals surface area contributed by atoms with Gasteiger partial charge >= 0.3 is 0 Å². The summed E-state index contributed by atoms with van der Waals surface area (Å²) < 4.78 is 0. The van der Waals surface area contributed by atoms with Crippen molar-refractivity contribution in [1.29, 1.82) is 0 Å². The first-order valence-corrected chi connectivity index (χ1v) is 8.25. The van der Waals surface area contributed by atoms with Crippen molar-refractivity contribution in [3.63, 3.8) is 0 Å². The summed E-state index contributed by atoms with van der Waals surface area (Å²) in [5.41, 5.74) is 0. The van der Waals surface area contributed by atoms with Gasteiger partial charge in [-0.05, 0) is 38.1 Å². The second-order valence-corrected chi connectivity index (χ2v) is 5.88. The van der Waals surface area contributed by atoms with Crippen molar-refractivity contribution in [2.75, 3.05) is 25.4 Å². The molecule has 0 aliphatic carbocycles. The first-order valence-electron chi connectivity index (χ1n) is 7.27. The highest BCUT2D eigenvalue weighted by Gasteiger charge is 2.03. The Balaban J connectivity index is 2.23. The molecule has 0 aliphatic heterocycles. The van der Waals surface area contributed by atoms with Crippen molar-refractivity contribution in [2.45, 2.75) is 44.4 Å². The van der Waals surface area contributed by atoms with Crippen molar-refractivity contribution < 1.29 is 0 Å². The van der Waals surface area contributed by atoms with Gasteiger partial charge in [0.05, 0.1) is 0 Å². The summed E-state index contributed by atoms with van der Waals surface area (Å²) in [5.74, 6) is 1.21. The molecule has 0 unspecified atom stereocenters. The van der Waals surface area contributed by atoms with Crippen LogP contribution in [-0.2, 0) is 0 Å². The summed E-state index contributed by atoms with van der Waals surface area (Å²) in [6.45, 7) is 8.31. The fourth-order valence-electron chi connectivity index (χ4n) is 1.91. The highest BCUT2D eigenvalue weighted by molar-refractivity contribution is 7.99. The standard InChI is InChI=1S/C16H27NS/c1-3-5-12-17(13-6-4-2)14-15-18-16-10-8-7-9-11-16/h7-11H,3-6,12-15H2,1-2H3. The van der Waals surface area contributed by atoms with Gasteiger partial charge in [0.2, 0.25) is 0 Å². The van der Waals surface area contributed by atoms with Gasteiger partial charge in [-0.15, -0.1) is 11.8 Å². The topological polar surface area (TPSA) is 3.24 Å². The minimum Gasteiger partial charge on any atom is -0.303 e. The molecule has 1 aromatic carbocycles. The minimum absolute atomic E-state index is 1.21. The average Bonchev–Trinajstić information content (AvgIpc) is 2.42. The third-order valence-electron chi connectivity index (χ3n) is 3.08. The van der Waals surface area contributed by atoms with Crippen LogP contribution in [0.15, 0.2) is 35.2 Å². The lowest BCUT2D eigenvalue weighted by molar-refractivity contribution is 0.281. The molecule has 0 fully saturated rings. The number of unbranched alkanes of at least 4 members (excludes halogenated alkanes) is 2. The van der Waals surface area contributed by atoms with E-state index in [0.29, 0.717) is 0 Å². The van der Waals surface area contributed by atoms with Crippen LogP contribution < -0.4 is 0 Å². The molecule has 1 aromatic rings. The molecule has 18 heavy (non-hydrogen) atoms. The van der Waals surface area contributed by atoms with Gasteiger partial charge in [0.1, 0.15) is 0 Å². The molecular formula is C16H27NS. The van der Waals surface area contributed by atoms with Crippen molar-refractivity contribution in [3.05, 3.63) is 30.3 Å². The maximum atomic E-state index is 2.63. The van der Waals surface area contributed by atoms with E-state index < -0.39 is 0 Å². The summed E-state index contributed by atoms with van der Waals surface area (Å²) in [4.78, 5) is 4.02. The van der Waals surface area contributed by atoms with Crippen LogP contribution in [0.5, 0.6) is 0 Å². The molecule has 1 rings (SSSR count). The second kappa shape index (κ2) is 10.5. The van der Waals surface area contributed by atoms with Gasteiger partial charge in [0, 0.05) is 17.2 Å². The van der Waals surface area contributed by atoms with Gasteiger partial charge < -0.3 is 4.90 Å². The predicted octanol–water partition coefficient (Wildman–Crippen LogP) is 4.68. The van der Waals surface area contributed by atoms with E-state index in [1.165, 1.54) is 56.0 Å². The number of nitrogens with zero attached hydrogens (tertiary/aromatic N) is 1. The van der Waals surface area contributed by atoms with Gasteiger partial charge in [-0.1, -0.05) is 44.9 Å². The monoisotopic (exact) mass is 265 g/mol. The zero-order chi connectivity index (χ0) is 13.1. The number of hydrogen-bond donors (Lipinski definition) is 0. The van der Waals surface area contributed by atoms with Crippen molar-refractivity contribution in [2.24, 2.45) is 0 Å². The van der Waals surface area contributed by atoms with Crippen LogP contribution in [0.4, 0.5) is 0 Å². The first kappa shape index (κ1) is 15.6. The highest BCUT2D eigenvalue weighted by Crippen LogP contribution is 2.17. The molecule has 0 radical (unpaired) electrons. The molecule has 0 amide bonds. The smallest absolute Gasteiger partial charge is 0.0108 e. The van der Waals surface area contributed by atoms with Crippen molar-refractivity contribution in [1.82, 2.24) is 4.90 Å². The summed E-state index contributed by atoms with van der Waals surface area (Å²) in [6.07, 6.45) is 5.27. The van der Waals surface area contributed by atoms with Crippen LogP contribution >= 0.6 is 11.8 Å². The Morgan fingerprint density at radius 2 is 1.50 bits per heavy atom. The minimum atomic E-state index is 1.21. The van der Waals surface area contributed by atoms with Gasteiger partial charge in [0.25, 0.3) is 0 Å². The van der Waals surface area contributed by atoms with Gasteiger partial charge in [-0.2, -0.15) is 0 Å². The average molecular weight is 265 g/mol. The number of thioether (sulfide) groups is 1. The van der Waals surface area contributed by atoms with Crippen LogP contribution in [-0.4, -0.2) is 30.3 Å². The zero-order valence-electron chi connectivity index (χ0n) is 11.9. The fraction of sp³-hybridized carbons (Fsp3) is 0.625. The quantitative estimate of drug-likeness (QED) is 0.565. The van der Waals surface area contributed by atoms with E-state index in [2.05, 4.69) is 49.1 Å². The van der Waals surface area contributed by atoms with E-state index in [9.17, 15) is 0 Å². The molecular weight excluding hydrogens is 238 g/mol. The molecule has 0 aromatic heterocycles. The molecule has 1 nitrogen and oxygen atoms in total. The Hall–Kier alpha value is -0.470. The van der Waals surface area contributed by atoms with E-state index in [1.807, 2.05) is 11.8 Å². The Morgan fingerprint density at radius 3 is 2.06 bits per heavy atom. The van der Waals surface area contributed by atoms with Crippen LogP contribution in [0, 0.1) is 0 Å². The zero-order valence-corrected chi connectivity index (χ0v) is 12.7. The summed E-state index contributed by atoms with van der Waals surface area (Å²) in [6, 6.07) is 10.7. The largest absolute Gasteiger partial charge is 0.303 e. The summed E-state index contributed by atoms with van der Waals surface area (Å²) in [7, 11) is 0. The maximum absolute atomic E-state index is 2.63. The Bertz CT molecular complexity index is 278. The van der Waals surface area contributed by atoms with Crippen LogP contribution in [0.25, 0.3) is 0 Å². The van der Waals surface area contributed by atoms with Crippen molar-refractivity contribution >= 4 is 11.8 Å². The third kappa shape index (κ3) is 7.07. The first-order chi connectivity index (χ1) is 8.86. The third-order valence-corrected chi connectivity index (χ3v) is 4.07. The summed E-state index contributed by atoms with van der Waals surface area (Å²) >= 11 is 1.97. The van der Waals surface area contributed by atoms with E-state index in [0.717, 1.165) is 0 Å². The normalized spacial score (nSPS) is 11.1. The fourth-order valence-corrected chi connectivity index (χ4v) is 2.84. The number of rotatable bonds is 10. The van der Waals surface area contributed by atoms with Gasteiger partial charge in [0.15, 0.2) is 0 Å². The van der Waals surface area contributed by atoms with Crippen molar-refractivity contribution in [3.8, 4) is 0 Å². The lowest BCUT2D eigenvalue weighted by Gasteiger charge is -2.21. The molecule has 0 spiro atoms. The van der Waals surface area contributed by atoms with Gasteiger partial charge in [-0.3, -0.25) is 0 Å². The molecule has 0 saturated carbocycles. The van der Waals surface area contributed by atoms with E-state index >= 15 is 0 Å². The molecule has 0 N–H and O–H groups in total. The van der Waals surface area contributed by atoms with E-state index in [-0.39, 0.29) is 0 Å². The lowest BCUT2D eigenvalue weighted by atomic mass is 10.2.